The van der Waals surface area contributed by atoms with E-state index in [9.17, 15) is 14.4 Å². The Labute approximate surface area is 171 Å². The number of carbonyl (C=O) groups is 3. The number of esters is 1. The molecule has 2 aromatic rings. The third-order valence-corrected chi connectivity index (χ3v) is 6.18. The zero-order valence-electron chi connectivity index (χ0n) is 16.0. The zero-order chi connectivity index (χ0) is 20.4. The lowest BCUT2D eigenvalue weighted by molar-refractivity contribution is -0.148. The monoisotopic (exact) mass is 415 g/mol. The summed E-state index contributed by atoms with van der Waals surface area (Å²) in [6.07, 6.45) is 3.03. The first kappa shape index (κ1) is 19.4. The van der Waals surface area contributed by atoms with Gasteiger partial charge in [-0.1, -0.05) is 25.0 Å². The van der Waals surface area contributed by atoms with Crippen LogP contribution < -0.4 is 10.1 Å². The van der Waals surface area contributed by atoms with Crippen LogP contribution in [0.1, 0.15) is 31.4 Å². The van der Waals surface area contributed by atoms with Gasteiger partial charge in [0.2, 0.25) is 0 Å². The first-order valence-corrected chi connectivity index (χ1v) is 10.3. The molecule has 2 heterocycles. The smallest absolute Gasteiger partial charge is 0.326 e. The summed E-state index contributed by atoms with van der Waals surface area (Å²) in [7, 11) is 1.60. The molecule has 0 atom stereocenters. The van der Waals surface area contributed by atoms with E-state index < -0.39 is 17.5 Å². The van der Waals surface area contributed by atoms with Crippen LogP contribution >= 0.6 is 11.3 Å². The highest BCUT2D eigenvalue weighted by molar-refractivity contribution is 7.13. The topological polar surface area (TPSA) is 97.8 Å². The van der Waals surface area contributed by atoms with Crippen molar-refractivity contribution in [1.82, 2.24) is 15.2 Å². The van der Waals surface area contributed by atoms with Gasteiger partial charge < -0.3 is 14.8 Å². The number of urea groups is 1. The molecule has 4 rings (SSSR count). The number of benzene rings is 1. The van der Waals surface area contributed by atoms with Crippen molar-refractivity contribution < 1.29 is 23.9 Å². The molecule has 1 aromatic carbocycles. The van der Waals surface area contributed by atoms with E-state index in [-0.39, 0.29) is 19.1 Å². The Balaban J connectivity index is 1.34. The summed E-state index contributed by atoms with van der Waals surface area (Å²) in [5.41, 5.74) is 0.691. The highest BCUT2D eigenvalue weighted by Gasteiger charge is 2.52. The normalized spacial score (nSPS) is 17.6. The van der Waals surface area contributed by atoms with E-state index in [1.54, 1.807) is 7.11 Å². The number of thiazole rings is 1. The second-order valence-corrected chi connectivity index (χ2v) is 8.01. The third-order valence-electron chi connectivity index (χ3n) is 5.24. The van der Waals surface area contributed by atoms with Gasteiger partial charge >= 0.3 is 12.0 Å². The molecular weight excluding hydrogens is 394 g/mol. The molecule has 152 valence electrons. The van der Waals surface area contributed by atoms with Crippen molar-refractivity contribution in [2.24, 2.45) is 0 Å². The minimum atomic E-state index is -0.822. The number of nitrogens with one attached hydrogen (secondary N) is 1. The number of nitrogens with zero attached hydrogens (tertiary/aromatic N) is 2. The van der Waals surface area contributed by atoms with Crippen molar-refractivity contribution in [1.29, 1.82) is 0 Å². The molecule has 29 heavy (non-hydrogen) atoms. The van der Waals surface area contributed by atoms with E-state index in [2.05, 4.69) is 10.3 Å². The maximum absolute atomic E-state index is 12.6. The van der Waals surface area contributed by atoms with Gasteiger partial charge in [-0.25, -0.2) is 9.78 Å². The van der Waals surface area contributed by atoms with Crippen LogP contribution in [0.2, 0.25) is 0 Å². The maximum Gasteiger partial charge on any atom is 0.326 e. The third kappa shape index (κ3) is 3.82. The van der Waals surface area contributed by atoms with Crippen LogP contribution in [0.5, 0.6) is 5.75 Å². The minimum absolute atomic E-state index is 0.0197. The Hall–Kier alpha value is -2.94. The SMILES string of the molecule is COc1cccc(-c2nc(COC(=O)CN3C(=O)NC4(CCCC4)C3=O)cs2)c1. The lowest BCUT2D eigenvalue weighted by atomic mass is 9.98. The average Bonchev–Trinajstić information content (AvgIpc) is 3.44. The number of aromatic nitrogens is 1. The van der Waals surface area contributed by atoms with Crippen molar-refractivity contribution >= 4 is 29.2 Å². The molecule has 1 spiro atoms. The summed E-state index contributed by atoms with van der Waals surface area (Å²) in [6.45, 7) is -0.409. The largest absolute Gasteiger partial charge is 0.497 e. The lowest BCUT2D eigenvalue weighted by Crippen LogP contribution is -2.44. The molecule has 0 radical (unpaired) electrons. The summed E-state index contributed by atoms with van der Waals surface area (Å²) in [5, 5.41) is 5.34. The summed E-state index contributed by atoms with van der Waals surface area (Å²) >= 11 is 1.43. The van der Waals surface area contributed by atoms with Crippen LogP contribution in [-0.4, -0.2) is 47.0 Å². The van der Waals surface area contributed by atoms with Gasteiger partial charge in [0.05, 0.1) is 12.8 Å². The lowest BCUT2D eigenvalue weighted by Gasteiger charge is -2.19. The second-order valence-electron chi connectivity index (χ2n) is 7.15. The molecular formula is C20H21N3O5S. The average molecular weight is 415 g/mol. The van der Waals surface area contributed by atoms with E-state index in [4.69, 9.17) is 9.47 Å². The fourth-order valence-electron chi connectivity index (χ4n) is 3.73. The number of hydrogen-bond acceptors (Lipinski definition) is 7. The van der Waals surface area contributed by atoms with Crippen molar-refractivity contribution in [3.63, 3.8) is 0 Å². The minimum Gasteiger partial charge on any atom is -0.497 e. The van der Waals surface area contributed by atoms with Crippen molar-refractivity contribution in [2.75, 3.05) is 13.7 Å². The Morgan fingerprint density at radius 3 is 2.86 bits per heavy atom. The van der Waals surface area contributed by atoms with Gasteiger partial charge in [-0.3, -0.25) is 14.5 Å². The number of carbonyl (C=O) groups excluding carboxylic acids is 3. The molecule has 1 saturated heterocycles. The van der Waals surface area contributed by atoms with E-state index in [0.717, 1.165) is 34.1 Å². The number of methoxy groups -OCH3 is 1. The molecule has 1 aliphatic carbocycles. The summed E-state index contributed by atoms with van der Waals surface area (Å²) in [4.78, 5) is 42.3. The van der Waals surface area contributed by atoms with Gasteiger partial charge in [0.25, 0.3) is 5.91 Å². The summed E-state index contributed by atoms with van der Waals surface area (Å²) in [5.74, 6) is -0.232. The first-order valence-electron chi connectivity index (χ1n) is 9.39. The predicted octanol–water partition coefficient (Wildman–Crippen LogP) is 2.73. The van der Waals surface area contributed by atoms with E-state index >= 15 is 0 Å². The Morgan fingerprint density at radius 1 is 1.31 bits per heavy atom. The quantitative estimate of drug-likeness (QED) is 0.575. The standard InChI is InChI=1S/C20H21N3O5S/c1-27-15-6-4-5-13(9-15)17-21-14(12-29-17)11-28-16(24)10-23-18(25)20(22-19(23)26)7-2-3-8-20/h4-6,9,12H,2-3,7-8,10-11H2,1H3,(H,22,26). The molecule has 3 amide bonds. The molecule has 1 N–H and O–H groups in total. The molecule has 1 aromatic heterocycles. The van der Waals surface area contributed by atoms with Crippen molar-refractivity contribution in [3.05, 3.63) is 35.3 Å². The summed E-state index contributed by atoms with van der Waals surface area (Å²) in [6, 6.07) is 7.01. The van der Waals surface area contributed by atoms with Gasteiger partial charge in [0, 0.05) is 10.9 Å². The Kier molecular flexibility index (Phi) is 5.23. The number of hydrogen-bond donors (Lipinski definition) is 1. The molecule has 0 bridgehead atoms. The van der Waals surface area contributed by atoms with Gasteiger partial charge in [0.1, 0.15) is 29.4 Å². The maximum atomic E-state index is 12.6. The van der Waals surface area contributed by atoms with E-state index in [1.165, 1.54) is 11.3 Å². The second kappa shape index (κ2) is 7.82. The highest BCUT2D eigenvalue weighted by Crippen LogP contribution is 2.35. The van der Waals surface area contributed by atoms with E-state index in [0.29, 0.717) is 18.5 Å². The van der Waals surface area contributed by atoms with Crippen molar-refractivity contribution in [3.8, 4) is 16.3 Å². The highest BCUT2D eigenvalue weighted by atomic mass is 32.1. The molecule has 2 fully saturated rings. The zero-order valence-corrected chi connectivity index (χ0v) is 16.8. The number of imide groups is 1. The Bertz CT molecular complexity index is 951. The predicted molar refractivity (Wildman–Crippen MR) is 105 cm³/mol. The van der Waals surface area contributed by atoms with E-state index in [1.807, 2.05) is 29.6 Å². The van der Waals surface area contributed by atoms with Crippen molar-refractivity contribution in [2.45, 2.75) is 37.8 Å². The van der Waals surface area contributed by atoms with Gasteiger partial charge in [-0.2, -0.15) is 0 Å². The molecule has 1 saturated carbocycles. The summed E-state index contributed by atoms with van der Waals surface area (Å²) < 4.78 is 10.5. The van der Waals surface area contributed by atoms with Crippen LogP contribution in [0, 0.1) is 0 Å². The molecule has 0 unspecified atom stereocenters. The van der Waals surface area contributed by atoms with Crippen LogP contribution in [0.25, 0.3) is 10.6 Å². The van der Waals surface area contributed by atoms with Gasteiger partial charge in [-0.05, 0) is 25.0 Å². The van der Waals surface area contributed by atoms with Crippen LogP contribution in [0.15, 0.2) is 29.6 Å². The molecule has 2 aliphatic rings. The first-order chi connectivity index (χ1) is 14.0. The van der Waals surface area contributed by atoms with Crippen LogP contribution in [0.3, 0.4) is 0 Å². The van der Waals surface area contributed by atoms with Crippen LogP contribution in [-0.2, 0) is 20.9 Å². The van der Waals surface area contributed by atoms with Gasteiger partial charge in [-0.15, -0.1) is 11.3 Å². The number of ether oxygens (including phenoxy) is 2. The fourth-order valence-corrected chi connectivity index (χ4v) is 4.53. The fraction of sp³-hybridized carbons (Fsp3) is 0.400. The number of amides is 3. The molecule has 8 nitrogen and oxygen atoms in total. The van der Waals surface area contributed by atoms with Gasteiger partial charge in [0.15, 0.2) is 0 Å². The Morgan fingerprint density at radius 2 is 2.10 bits per heavy atom. The molecule has 1 aliphatic heterocycles. The number of rotatable bonds is 6. The molecule has 9 heteroatoms. The van der Waals surface area contributed by atoms with Crippen LogP contribution in [0.4, 0.5) is 4.79 Å².